The molecule has 0 aliphatic heterocycles. The summed E-state index contributed by atoms with van der Waals surface area (Å²) in [6, 6.07) is 20.4. The molecule has 0 bridgehead atoms. The van der Waals surface area contributed by atoms with Crippen LogP contribution in [0, 0.1) is 13.8 Å². The standard InChI is InChI=1S/C29H28ClF3N4O5S.C7H8O3S/c1-17-5-11-21(12-6-17)43(41,42)36(27(39)40)14-13-19-7-9-20(10-8-19)37-25-16-23(30)22(29(31,32)33)15-24(25)34-26(37)28(3,4)35-18(2)38;1-6-2-4-7(5-3-6)11(8,9)10/h5-12,15-16H,13-14H2,1-4H3,(H,35,38)(H,39,40);2-5H,1H3,(H,8,9,10). The Bertz CT molecular complexity index is 2400. The number of amides is 2. The van der Waals surface area contributed by atoms with Gasteiger partial charge in [-0.3, -0.25) is 13.9 Å². The summed E-state index contributed by atoms with van der Waals surface area (Å²) in [5, 5.41) is 11.9. The van der Waals surface area contributed by atoms with Crippen LogP contribution in [0.1, 0.15) is 48.8 Å². The van der Waals surface area contributed by atoms with Crippen molar-refractivity contribution < 1.29 is 49.3 Å². The number of halogens is 4. The van der Waals surface area contributed by atoms with E-state index in [9.17, 15) is 44.7 Å². The number of carboxylic acid groups (broad SMARTS) is 1. The van der Waals surface area contributed by atoms with Crippen LogP contribution in [0.15, 0.2) is 94.7 Å². The van der Waals surface area contributed by atoms with Gasteiger partial charge in [-0.25, -0.2) is 22.5 Å². The van der Waals surface area contributed by atoms with E-state index in [2.05, 4.69) is 10.3 Å². The first-order valence-corrected chi connectivity index (χ1v) is 19.2. The van der Waals surface area contributed by atoms with Gasteiger partial charge in [0.1, 0.15) is 5.82 Å². The Labute approximate surface area is 315 Å². The summed E-state index contributed by atoms with van der Waals surface area (Å²) in [5.74, 6) is -0.140. The lowest BCUT2D eigenvalue weighted by molar-refractivity contribution is -0.137. The van der Waals surface area contributed by atoms with E-state index in [1.165, 1.54) is 31.2 Å². The number of nitrogens with one attached hydrogen (secondary N) is 1. The second kappa shape index (κ2) is 15.8. The van der Waals surface area contributed by atoms with E-state index in [1.54, 1.807) is 73.9 Å². The molecule has 5 rings (SSSR count). The molecular formula is C36H36ClF3N4O8S2. The molecular weight excluding hydrogens is 773 g/mol. The monoisotopic (exact) mass is 808 g/mol. The topological polar surface area (TPSA) is 176 Å². The van der Waals surface area contributed by atoms with Gasteiger partial charge in [0.25, 0.3) is 20.1 Å². The van der Waals surface area contributed by atoms with E-state index in [1.807, 2.05) is 6.92 Å². The zero-order chi connectivity index (χ0) is 40.4. The van der Waals surface area contributed by atoms with Crippen LogP contribution in [0.4, 0.5) is 18.0 Å². The predicted octanol–water partition coefficient (Wildman–Crippen LogP) is 7.53. The predicted molar refractivity (Wildman–Crippen MR) is 196 cm³/mol. The van der Waals surface area contributed by atoms with Crippen molar-refractivity contribution in [2.45, 2.75) is 62.5 Å². The van der Waals surface area contributed by atoms with Crippen molar-refractivity contribution in [2.24, 2.45) is 0 Å². The first-order valence-electron chi connectivity index (χ1n) is 16.0. The van der Waals surface area contributed by atoms with E-state index in [4.69, 9.17) is 16.2 Å². The molecule has 5 aromatic rings. The lowest BCUT2D eigenvalue weighted by Crippen LogP contribution is -2.41. The van der Waals surface area contributed by atoms with Gasteiger partial charge in [-0.1, -0.05) is 59.1 Å². The maximum absolute atomic E-state index is 13.6. The van der Waals surface area contributed by atoms with Crippen LogP contribution in [-0.2, 0) is 43.1 Å². The van der Waals surface area contributed by atoms with Crippen molar-refractivity contribution in [1.29, 1.82) is 0 Å². The Balaban J connectivity index is 0.000000506. The molecule has 0 spiro atoms. The number of carbonyl (C=O) groups excluding carboxylic acids is 1. The van der Waals surface area contributed by atoms with Crippen LogP contribution in [0.2, 0.25) is 5.02 Å². The van der Waals surface area contributed by atoms with E-state index in [0.29, 0.717) is 15.6 Å². The Kier molecular flexibility index (Phi) is 12.2. The normalized spacial score (nSPS) is 12.2. The van der Waals surface area contributed by atoms with Gasteiger partial charge in [-0.15, -0.1) is 0 Å². The van der Waals surface area contributed by atoms with Crippen molar-refractivity contribution in [1.82, 2.24) is 19.2 Å². The maximum atomic E-state index is 13.6. The van der Waals surface area contributed by atoms with Gasteiger partial charge in [0.05, 0.1) is 36.9 Å². The maximum Gasteiger partial charge on any atom is 0.421 e. The van der Waals surface area contributed by atoms with Crippen LogP contribution in [0.3, 0.4) is 0 Å². The van der Waals surface area contributed by atoms with Gasteiger partial charge in [-0.05, 0) is 88.2 Å². The first kappa shape index (κ1) is 41.8. The summed E-state index contributed by atoms with van der Waals surface area (Å²) in [5.41, 5.74) is 0.954. The van der Waals surface area contributed by atoms with Crippen molar-refractivity contribution in [3.8, 4) is 5.69 Å². The highest BCUT2D eigenvalue weighted by atomic mass is 35.5. The lowest BCUT2D eigenvalue weighted by atomic mass is 10.0. The Morgan fingerprint density at radius 2 is 1.39 bits per heavy atom. The average molecular weight is 809 g/mol. The SMILES string of the molecule is CC(=O)NC(C)(C)c1nc2cc(C(F)(F)F)c(Cl)cc2n1-c1ccc(CCN(C(=O)O)S(=O)(=O)c2ccc(C)cc2)cc1.Cc1ccc(S(=O)(=O)O)cc1. The summed E-state index contributed by atoms with van der Waals surface area (Å²) in [6.45, 7) is 7.88. The highest BCUT2D eigenvalue weighted by Gasteiger charge is 2.36. The van der Waals surface area contributed by atoms with E-state index in [0.717, 1.165) is 23.3 Å². The Morgan fingerprint density at radius 1 is 0.870 bits per heavy atom. The third-order valence-electron chi connectivity index (χ3n) is 8.04. The molecule has 0 unspecified atom stereocenters. The molecule has 0 atom stereocenters. The number of benzene rings is 4. The number of fused-ring (bicyclic) bond motifs is 1. The number of alkyl halides is 3. The molecule has 1 heterocycles. The van der Waals surface area contributed by atoms with Crippen LogP contribution in [0.25, 0.3) is 16.7 Å². The molecule has 0 saturated heterocycles. The van der Waals surface area contributed by atoms with Gasteiger partial charge >= 0.3 is 12.3 Å². The first-order chi connectivity index (χ1) is 24.9. The number of aromatic nitrogens is 2. The number of aryl methyl sites for hydroxylation is 2. The number of rotatable bonds is 9. The fourth-order valence-corrected chi connectivity index (χ4v) is 7.42. The second-order valence-electron chi connectivity index (χ2n) is 12.8. The molecule has 288 valence electrons. The van der Waals surface area contributed by atoms with E-state index in [-0.39, 0.29) is 45.5 Å². The summed E-state index contributed by atoms with van der Waals surface area (Å²) in [7, 11) is -8.33. The third kappa shape index (κ3) is 9.76. The number of sulfonamides is 1. The minimum absolute atomic E-state index is 0.00707. The van der Waals surface area contributed by atoms with Gasteiger partial charge in [0, 0.05) is 19.2 Å². The number of carbonyl (C=O) groups is 2. The molecule has 2 amide bonds. The van der Waals surface area contributed by atoms with Crippen LogP contribution < -0.4 is 5.32 Å². The van der Waals surface area contributed by atoms with Gasteiger partial charge in [0.15, 0.2) is 0 Å². The molecule has 3 N–H and O–H groups in total. The Morgan fingerprint density at radius 3 is 1.85 bits per heavy atom. The molecule has 54 heavy (non-hydrogen) atoms. The highest BCUT2D eigenvalue weighted by Crippen LogP contribution is 2.39. The summed E-state index contributed by atoms with van der Waals surface area (Å²) < 4.78 is 98.2. The van der Waals surface area contributed by atoms with Gasteiger partial charge < -0.3 is 10.4 Å². The summed E-state index contributed by atoms with van der Waals surface area (Å²) in [4.78, 5) is 28.0. The largest absolute Gasteiger partial charge is 0.464 e. The van der Waals surface area contributed by atoms with Gasteiger partial charge in [0.2, 0.25) is 5.91 Å². The zero-order valence-corrected chi connectivity index (χ0v) is 31.9. The molecule has 12 nitrogen and oxygen atoms in total. The van der Waals surface area contributed by atoms with Crippen molar-refractivity contribution in [3.05, 3.63) is 118 Å². The summed E-state index contributed by atoms with van der Waals surface area (Å²) in [6.07, 6.45) is -6.28. The fourth-order valence-electron chi connectivity index (χ4n) is 5.40. The van der Waals surface area contributed by atoms with Crippen LogP contribution in [-0.4, -0.2) is 58.9 Å². The molecule has 0 radical (unpaired) electrons. The smallest absolute Gasteiger partial charge is 0.421 e. The highest BCUT2D eigenvalue weighted by molar-refractivity contribution is 7.89. The minimum Gasteiger partial charge on any atom is -0.464 e. The minimum atomic E-state index is -4.71. The molecule has 0 aliphatic rings. The number of hydrogen-bond donors (Lipinski definition) is 3. The van der Waals surface area contributed by atoms with Crippen molar-refractivity contribution in [3.63, 3.8) is 0 Å². The van der Waals surface area contributed by atoms with Crippen molar-refractivity contribution in [2.75, 3.05) is 6.54 Å². The molecule has 1 aromatic heterocycles. The lowest BCUT2D eigenvalue weighted by Gasteiger charge is -2.26. The fraction of sp³-hybridized carbons (Fsp3) is 0.250. The quantitative estimate of drug-likeness (QED) is 0.127. The summed E-state index contributed by atoms with van der Waals surface area (Å²) >= 11 is 6.03. The van der Waals surface area contributed by atoms with E-state index < -0.39 is 48.5 Å². The third-order valence-corrected chi connectivity index (χ3v) is 11.0. The van der Waals surface area contributed by atoms with Crippen LogP contribution >= 0.6 is 11.6 Å². The molecule has 0 saturated carbocycles. The van der Waals surface area contributed by atoms with Gasteiger partial charge in [-0.2, -0.15) is 21.6 Å². The van der Waals surface area contributed by atoms with Crippen molar-refractivity contribution >= 4 is 54.8 Å². The molecule has 4 aromatic carbocycles. The number of nitrogens with zero attached hydrogens (tertiary/aromatic N) is 3. The zero-order valence-electron chi connectivity index (χ0n) is 29.5. The molecule has 0 aliphatic carbocycles. The average Bonchev–Trinajstić information content (AvgIpc) is 3.43. The van der Waals surface area contributed by atoms with Crippen LogP contribution in [0.5, 0.6) is 0 Å². The number of hydrogen-bond acceptors (Lipinski definition) is 7. The second-order valence-corrected chi connectivity index (χ2v) is 16.5. The number of imidazole rings is 1. The Hall–Kier alpha value is -4.97. The molecule has 18 heteroatoms. The van der Waals surface area contributed by atoms with E-state index >= 15 is 0 Å². The molecule has 0 fully saturated rings.